The normalized spacial score (nSPS) is 48.7. The molecule has 0 aromatic heterocycles. The third-order valence-electron chi connectivity index (χ3n) is 4.91. The van der Waals surface area contributed by atoms with Gasteiger partial charge in [0.05, 0.1) is 0 Å². The summed E-state index contributed by atoms with van der Waals surface area (Å²) in [6.45, 7) is 1.30. The molecule has 1 nitrogen and oxygen atoms in total. The Labute approximate surface area is 81.3 Å². The molecule has 0 radical (unpaired) electrons. The molecule has 0 heterocycles. The van der Waals surface area contributed by atoms with Gasteiger partial charge >= 0.3 is 0 Å². The summed E-state index contributed by atoms with van der Waals surface area (Å²) in [5, 5.41) is 3.44. The molecule has 2 atom stereocenters. The first-order chi connectivity index (χ1) is 6.34. The highest BCUT2D eigenvalue weighted by Crippen LogP contribution is 2.64. The second-order valence-corrected chi connectivity index (χ2v) is 5.68. The lowest BCUT2D eigenvalue weighted by Crippen LogP contribution is -2.41. The topological polar surface area (TPSA) is 12.0 Å². The van der Waals surface area contributed by atoms with Crippen LogP contribution >= 0.6 is 0 Å². The molecular weight excluding hydrogens is 158 g/mol. The molecule has 1 N–H and O–H groups in total. The molecule has 74 valence electrons. The molecule has 0 bridgehead atoms. The highest BCUT2D eigenvalue weighted by atomic mass is 14.9. The Bertz CT molecular complexity index is 197. The Hall–Kier alpha value is -0.0400. The molecule has 0 aliphatic heterocycles. The van der Waals surface area contributed by atoms with E-state index in [0.717, 1.165) is 23.2 Å². The van der Waals surface area contributed by atoms with E-state index in [1.54, 1.807) is 19.3 Å². The Kier molecular flexibility index (Phi) is 1.74. The first-order valence-electron chi connectivity index (χ1n) is 5.99. The highest BCUT2D eigenvalue weighted by Gasteiger charge is 2.56. The van der Waals surface area contributed by atoms with Crippen molar-refractivity contribution < 1.29 is 0 Å². The Balaban J connectivity index is 1.72. The molecule has 0 aromatic rings. The van der Waals surface area contributed by atoms with E-state index in [2.05, 4.69) is 12.4 Å². The van der Waals surface area contributed by atoms with Crippen molar-refractivity contribution in [2.24, 2.45) is 23.2 Å². The Morgan fingerprint density at radius 2 is 1.92 bits per heavy atom. The van der Waals surface area contributed by atoms with Gasteiger partial charge in [0.1, 0.15) is 0 Å². The fourth-order valence-electron chi connectivity index (χ4n) is 3.93. The van der Waals surface area contributed by atoms with E-state index in [-0.39, 0.29) is 0 Å². The van der Waals surface area contributed by atoms with E-state index in [1.807, 2.05) is 0 Å². The third-order valence-corrected chi connectivity index (χ3v) is 4.91. The van der Waals surface area contributed by atoms with Gasteiger partial charge in [0.25, 0.3) is 0 Å². The molecule has 0 amide bonds. The number of rotatable bonds is 3. The summed E-state index contributed by atoms with van der Waals surface area (Å²) in [7, 11) is 2.13. The Morgan fingerprint density at radius 3 is 2.38 bits per heavy atom. The van der Waals surface area contributed by atoms with Crippen LogP contribution in [0.4, 0.5) is 0 Å². The summed E-state index contributed by atoms with van der Waals surface area (Å²) in [6.07, 6.45) is 9.25. The minimum Gasteiger partial charge on any atom is -0.319 e. The van der Waals surface area contributed by atoms with Crippen LogP contribution in [-0.4, -0.2) is 13.6 Å². The number of hydrogen-bond donors (Lipinski definition) is 1. The molecule has 3 rings (SSSR count). The van der Waals surface area contributed by atoms with Crippen molar-refractivity contribution in [3.63, 3.8) is 0 Å². The molecule has 3 saturated carbocycles. The third kappa shape index (κ3) is 1.16. The van der Waals surface area contributed by atoms with Crippen LogP contribution in [0.25, 0.3) is 0 Å². The summed E-state index contributed by atoms with van der Waals surface area (Å²) < 4.78 is 0. The molecular formula is C12H21N. The van der Waals surface area contributed by atoms with E-state index in [0.29, 0.717) is 0 Å². The summed E-state index contributed by atoms with van der Waals surface area (Å²) >= 11 is 0. The lowest BCUT2D eigenvalue weighted by molar-refractivity contribution is 0.0759. The minimum absolute atomic E-state index is 0.751. The molecule has 1 heteroatoms. The molecule has 3 aliphatic rings. The van der Waals surface area contributed by atoms with Gasteiger partial charge in [-0.05, 0) is 62.3 Å². The van der Waals surface area contributed by atoms with Gasteiger partial charge in [-0.1, -0.05) is 6.42 Å². The minimum atomic E-state index is 0.751. The van der Waals surface area contributed by atoms with Gasteiger partial charge in [-0.25, -0.2) is 0 Å². The number of nitrogens with one attached hydrogen (secondary N) is 1. The van der Waals surface area contributed by atoms with Crippen LogP contribution in [0.1, 0.15) is 38.5 Å². The summed E-state index contributed by atoms with van der Waals surface area (Å²) in [5.41, 5.74) is 0.751. The van der Waals surface area contributed by atoms with E-state index in [9.17, 15) is 0 Å². The van der Waals surface area contributed by atoms with Crippen molar-refractivity contribution >= 4 is 0 Å². The largest absolute Gasteiger partial charge is 0.319 e. The van der Waals surface area contributed by atoms with Gasteiger partial charge in [0.2, 0.25) is 0 Å². The van der Waals surface area contributed by atoms with Crippen LogP contribution in [0.15, 0.2) is 0 Å². The number of hydrogen-bond acceptors (Lipinski definition) is 1. The second kappa shape index (κ2) is 2.73. The maximum Gasteiger partial charge on any atom is 0.000767 e. The van der Waals surface area contributed by atoms with Gasteiger partial charge in [0.15, 0.2) is 0 Å². The predicted molar refractivity (Wildman–Crippen MR) is 54.5 cm³/mol. The average molecular weight is 179 g/mol. The van der Waals surface area contributed by atoms with Gasteiger partial charge in [0, 0.05) is 6.54 Å². The molecule has 13 heavy (non-hydrogen) atoms. The van der Waals surface area contributed by atoms with Crippen molar-refractivity contribution in [2.45, 2.75) is 38.5 Å². The number of fused-ring (bicyclic) bond motifs is 1. The lowest BCUT2D eigenvalue weighted by atomic mass is 9.63. The zero-order chi connectivity index (χ0) is 8.89. The molecule has 3 fully saturated rings. The predicted octanol–water partition coefficient (Wildman–Crippen LogP) is 2.42. The van der Waals surface area contributed by atoms with Crippen molar-refractivity contribution in [1.82, 2.24) is 5.32 Å². The highest BCUT2D eigenvalue weighted by molar-refractivity contribution is 5.07. The molecule has 0 spiro atoms. The van der Waals surface area contributed by atoms with Crippen LogP contribution < -0.4 is 5.32 Å². The van der Waals surface area contributed by atoms with Crippen LogP contribution in [0.3, 0.4) is 0 Å². The Morgan fingerprint density at radius 1 is 1.23 bits per heavy atom. The zero-order valence-electron chi connectivity index (χ0n) is 8.68. The molecule has 3 aliphatic carbocycles. The first-order valence-corrected chi connectivity index (χ1v) is 5.99. The zero-order valence-corrected chi connectivity index (χ0v) is 8.68. The first kappa shape index (κ1) is 8.28. The van der Waals surface area contributed by atoms with Crippen LogP contribution in [0, 0.1) is 23.2 Å². The molecule has 0 saturated heterocycles. The fourth-order valence-corrected chi connectivity index (χ4v) is 3.93. The molecule has 2 unspecified atom stereocenters. The van der Waals surface area contributed by atoms with Crippen LogP contribution in [0.2, 0.25) is 0 Å². The van der Waals surface area contributed by atoms with Crippen molar-refractivity contribution in [3.8, 4) is 0 Å². The maximum atomic E-state index is 3.44. The smallest absolute Gasteiger partial charge is 0.000767 e. The lowest BCUT2D eigenvalue weighted by Gasteiger charge is -2.44. The SMILES string of the molecule is CNCC1(C2CCC2)CC2CC2C1. The summed E-state index contributed by atoms with van der Waals surface area (Å²) in [6, 6.07) is 0. The van der Waals surface area contributed by atoms with Gasteiger partial charge in [-0.3, -0.25) is 0 Å². The van der Waals surface area contributed by atoms with Gasteiger partial charge in [-0.2, -0.15) is 0 Å². The maximum absolute atomic E-state index is 3.44. The second-order valence-electron chi connectivity index (χ2n) is 5.68. The van der Waals surface area contributed by atoms with E-state index in [4.69, 9.17) is 0 Å². The van der Waals surface area contributed by atoms with Gasteiger partial charge < -0.3 is 5.32 Å². The van der Waals surface area contributed by atoms with E-state index >= 15 is 0 Å². The summed E-state index contributed by atoms with van der Waals surface area (Å²) in [5.74, 6) is 3.38. The van der Waals surface area contributed by atoms with E-state index in [1.165, 1.54) is 25.8 Å². The van der Waals surface area contributed by atoms with E-state index < -0.39 is 0 Å². The summed E-state index contributed by atoms with van der Waals surface area (Å²) in [4.78, 5) is 0. The van der Waals surface area contributed by atoms with Crippen molar-refractivity contribution in [1.29, 1.82) is 0 Å². The fraction of sp³-hybridized carbons (Fsp3) is 1.00. The molecule has 0 aromatic carbocycles. The van der Waals surface area contributed by atoms with Crippen molar-refractivity contribution in [3.05, 3.63) is 0 Å². The average Bonchev–Trinajstić information content (AvgIpc) is 2.56. The van der Waals surface area contributed by atoms with Crippen LogP contribution in [0.5, 0.6) is 0 Å². The quantitative estimate of drug-likeness (QED) is 0.701. The van der Waals surface area contributed by atoms with Gasteiger partial charge in [-0.15, -0.1) is 0 Å². The monoisotopic (exact) mass is 179 g/mol. The van der Waals surface area contributed by atoms with Crippen LogP contribution in [-0.2, 0) is 0 Å². The standard InChI is InChI=1S/C12H21N/c1-13-8-12(11-3-2-4-11)6-9-5-10(9)7-12/h9-11,13H,2-8H2,1H3. The van der Waals surface area contributed by atoms with Crippen molar-refractivity contribution in [2.75, 3.05) is 13.6 Å².